The van der Waals surface area contributed by atoms with Gasteiger partial charge < -0.3 is 0 Å². The second-order valence-electron chi connectivity index (χ2n) is 3.46. The molecular weight excluding hydrogens is 124 g/mol. The maximum atomic E-state index is 4.27. The Labute approximate surface area is 61.1 Å². The number of aliphatic imine (C=N–C) groups is 2. The molecule has 0 saturated heterocycles. The SMILES string of the molecule is CC12CCCCC1N=C=N2. The molecule has 1 saturated carbocycles. The Morgan fingerprint density at radius 3 is 3.20 bits per heavy atom. The minimum absolute atomic E-state index is 0.137. The fraction of sp³-hybridized carbons (Fsp3) is 0.875. The first kappa shape index (κ1) is 6.11. The maximum absolute atomic E-state index is 4.27. The molecule has 2 nitrogen and oxygen atoms in total. The van der Waals surface area contributed by atoms with Crippen LogP contribution >= 0.6 is 0 Å². The average molecular weight is 136 g/mol. The van der Waals surface area contributed by atoms with Crippen LogP contribution in [-0.2, 0) is 0 Å². The van der Waals surface area contributed by atoms with E-state index >= 15 is 0 Å². The standard InChI is InChI=1S/C8H12N2/c1-8-5-3-2-4-7(8)9-6-10-8/h7H,2-5H2,1H3. The molecule has 0 spiro atoms. The van der Waals surface area contributed by atoms with Gasteiger partial charge in [0.25, 0.3) is 0 Å². The van der Waals surface area contributed by atoms with Gasteiger partial charge in [-0.05, 0) is 19.8 Å². The second kappa shape index (κ2) is 1.93. The summed E-state index contributed by atoms with van der Waals surface area (Å²) in [4.78, 5) is 8.49. The van der Waals surface area contributed by atoms with Crippen molar-refractivity contribution in [2.45, 2.75) is 44.2 Å². The van der Waals surface area contributed by atoms with E-state index in [2.05, 4.69) is 22.9 Å². The summed E-state index contributed by atoms with van der Waals surface area (Å²) in [5.41, 5.74) is 0.137. The molecular formula is C8H12N2. The summed E-state index contributed by atoms with van der Waals surface area (Å²) in [5, 5.41) is 0. The molecule has 2 atom stereocenters. The number of rotatable bonds is 0. The molecule has 2 aliphatic rings. The lowest BCUT2D eigenvalue weighted by Crippen LogP contribution is -2.36. The summed E-state index contributed by atoms with van der Waals surface area (Å²) >= 11 is 0. The van der Waals surface area contributed by atoms with Crippen LogP contribution in [0.2, 0.25) is 0 Å². The molecule has 0 aromatic carbocycles. The van der Waals surface area contributed by atoms with Crippen LogP contribution in [0.5, 0.6) is 0 Å². The molecule has 0 aromatic heterocycles. The third kappa shape index (κ3) is 0.723. The normalized spacial score (nSPS) is 43.9. The quantitative estimate of drug-likeness (QED) is 0.485. The monoisotopic (exact) mass is 136 g/mol. The zero-order valence-corrected chi connectivity index (χ0v) is 6.30. The Morgan fingerprint density at radius 2 is 2.40 bits per heavy atom. The Morgan fingerprint density at radius 1 is 1.50 bits per heavy atom. The van der Waals surface area contributed by atoms with Gasteiger partial charge in [-0.3, -0.25) is 0 Å². The van der Waals surface area contributed by atoms with Crippen LogP contribution in [0.25, 0.3) is 0 Å². The third-order valence-corrected chi connectivity index (χ3v) is 2.65. The zero-order valence-electron chi connectivity index (χ0n) is 6.30. The summed E-state index contributed by atoms with van der Waals surface area (Å²) < 4.78 is 0. The van der Waals surface area contributed by atoms with Crippen molar-refractivity contribution in [1.29, 1.82) is 0 Å². The molecule has 1 heterocycles. The molecule has 1 aliphatic carbocycles. The van der Waals surface area contributed by atoms with Crippen LogP contribution in [0.4, 0.5) is 0 Å². The lowest BCUT2D eigenvalue weighted by molar-refractivity contribution is 0.293. The predicted octanol–water partition coefficient (Wildman–Crippen LogP) is 1.88. The molecule has 10 heavy (non-hydrogen) atoms. The highest BCUT2D eigenvalue weighted by molar-refractivity contribution is 5.47. The van der Waals surface area contributed by atoms with Gasteiger partial charge in [-0.1, -0.05) is 12.8 Å². The molecule has 1 aliphatic heterocycles. The molecule has 0 N–H and O–H groups in total. The third-order valence-electron chi connectivity index (χ3n) is 2.65. The van der Waals surface area contributed by atoms with Crippen LogP contribution < -0.4 is 0 Å². The van der Waals surface area contributed by atoms with E-state index in [1.807, 2.05) is 0 Å². The Balaban J connectivity index is 2.22. The lowest BCUT2D eigenvalue weighted by atomic mass is 9.80. The fourth-order valence-electron chi connectivity index (χ4n) is 1.84. The van der Waals surface area contributed by atoms with Gasteiger partial charge >= 0.3 is 0 Å². The van der Waals surface area contributed by atoms with Crippen LogP contribution in [0.3, 0.4) is 0 Å². The number of fused-ring (bicyclic) bond motifs is 1. The molecule has 2 heteroatoms. The van der Waals surface area contributed by atoms with Crippen molar-refractivity contribution >= 4 is 6.01 Å². The summed E-state index contributed by atoms with van der Waals surface area (Å²) in [6.07, 6.45) is 5.05. The van der Waals surface area contributed by atoms with E-state index in [4.69, 9.17) is 0 Å². The first-order chi connectivity index (χ1) is 4.81. The van der Waals surface area contributed by atoms with Gasteiger partial charge in [0, 0.05) is 0 Å². The number of nitrogens with zero attached hydrogens (tertiary/aromatic N) is 2. The van der Waals surface area contributed by atoms with Crippen LogP contribution in [0, 0.1) is 0 Å². The van der Waals surface area contributed by atoms with Crippen molar-refractivity contribution in [3.8, 4) is 0 Å². The molecule has 0 aromatic rings. The molecule has 2 unspecified atom stereocenters. The van der Waals surface area contributed by atoms with Crippen molar-refractivity contribution < 1.29 is 0 Å². The van der Waals surface area contributed by atoms with E-state index in [0.29, 0.717) is 6.04 Å². The molecule has 0 amide bonds. The highest BCUT2D eigenvalue weighted by Crippen LogP contribution is 2.35. The van der Waals surface area contributed by atoms with Gasteiger partial charge in [-0.2, -0.15) is 0 Å². The Bertz CT molecular complexity index is 203. The van der Waals surface area contributed by atoms with Gasteiger partial charge in [0.1, 0.15) is 0 Å². The first-order valence-corrected chi connectivity index (χ1v) is 3.98. The number of hydrogen-bond donors (Lipinski definition) is 0. The summed E-state index contributed by atoms with van der Waals surface area (Å²) in [5.74, 6) is 0. The largest absolute Gasteiger partial charge is 0.220 e. The maximum Gasteiger partial charge on any atom is 0.0920 e. The van der Waals surface area contributed by atoms with Crippen molar-refractivity contribution in [3.05, 3.63) is 0 Å². The van der Waals surface area contributed by atoms with Gasteiger partial charge in [-0.25, -0.2) is 9.98 Å². The highest BCUT2D eigenvalue weighted by Gasteiger charge is 2.38. The summed E-state index contributed by atoms with van der Waals surface area (Å²) in [7, 11) is 0. The van der Waals surface area contributed by atoms with Crippen molar-refractivity contribution in [3.63, 3.8) is 0 Å². The zero-order chi connectivity index (χ0) is 7.03. The van der Waals surface area contributed by atoms with E-state index in [-0.39, 0.29) is 5.54 Å². The van der Waals surface area contributed by atoms with E-state index in [9.17, 15) is 0 Å². The van der Waals surface area contributed by atoms with Gasteiger partial charge in [-0.15, -0.1) is 0 Å². The smallest absolute Gasteiger partial charge is 0.0920 e. The highest BCUT2D eigenvalue weighted by atomic mass is 15.0. The van der Waals surface area contributed by atoms with Crippen molar-refractivity contribution in [2.24, 2.45) is 9.98 Å². The Hall–Kier alpha value is -0.620. The molecule has 54 valence electrons. The predicted molar refractivity (Wildman–Crippen MR) is 40.5 cm³/mol. The molecule has 0 radical (unpaired) electrons. The Kier molecular flexibility index (Phi) is 1.18. The fourth-order valence-corrected chi connectivity index (χ4v) is 1.84. The molecule has 1 fully saturated rings. The van der Waals surface area contributed by atoms with Crippen LogP contribution in [-0.4, -0.2) is 17.6 Å². The van der Waals surface area contributed by atoms with E-state index < -0.39 is 0 Å². The molecule has 2 rings (SSSR count). The van der Waals surface area contributed by atoms with E-state index in [1.165, 1.54) is 25.7 Å². The van der Waals surface area contributed by atoms with Gasteiger partial charge in [0.15, 0.2) is 0 Å². The minimum Gasteiger partial charge on any atom is -0.220 e. The second-order valence-corrected chi connectivity index (χ2v) is 3.46. The van der Waals surface area contributed by atoms with E-state index in [1.54, 1.807) is 0 Å². The van der Waals surface area contributed by atoms with Gasteiger partial charge in [0.05, 0.1) is 17.6 Å². The van der Waals surface area contributed by atoms with E-state index in [0.717, 1.165) is 0 Å². The average Bonchev–Trinajstić information content (AvgIpc) is 2.29. The van der Waals surface area contributed by atoms with Crippen LogP contribution in [0.1, 0.15) is 32.6 Å². The summed E-state index contributed by atoms with van der Waals surface area (Å²) in [6.45, 7) is 2.19. The summed E-state index contributed by atoms with van der Waals surface area (Å²) in [6, 6.07) is 3.21. The molecule has 0 bridgehead atoms. The first-order valence-electron chi connectivity index (χ1n) is 3.98. The topological polar surface area (TPSA) is 24.7 Å². The van der Waals surface area contributed by atoms with Crippen molar-refractivity contribution in [2.75, 3.05) is 0 Å². The van der Waals surface area contributed by atoms with Crippen LogP contribution in [0.15, 0.2) is 9.98 Å². The van der Waals surface area contributed by atoms with Crippen molar-refractivity contribution in [1.82, 2.24) is 0 Å². The van der Waals surface area contributed by atoms with Gasteiger partial charge in [0.2, 0.25) is 0 Å². The number of hydrogen-bond acceptors (Lipinski definition) is 2. The lowest BCUT2D eigenvalue weighted by Gasteiger charge is -2.31. The minimum atomic E-state index is 0.137.